The minimum absolute atomic E-state index is 0.0896. The molecule has 162 valence electrons. The SMILES string of the molecule is CC(C)(C)C(O)C(=O)N1CCS(=O)(=O)C[C@H]1C(=O)NCc1cc(Cl)ccc1CN. The van der Waals surface area contributed by atoms with Crippen LogP contribution in [-0.4, -0.2) is 60.4 Å². The average Bonchev–Trinajstić information content (AvgIpc) is 2.63. The van der Waals surface area contributed by atoms with E-state index in [2.05, 4.69) is 5.32 Å². The van der Waals surface area contributed by atoms with Crippen LogP contribution in [0, 0.1) is 5.41 Å². The summed E-state index contributed by atoms with van der Waals surface area (Å²) in [4.78, 5) is 26.7. The predicted octanol–water partition coefficient (Wildman–Crippen LogP) is 0.448. The number of nitrogens with two attached hydrogens (primary N) is 1. The third kappa shape index (κ3) is 5.91. The summed E-state index contributed by atoms with van der Waals surface area (Å²) in [6.07, 6.45) is -1.35. The first-order chi connectivity index (χ1) is 13.4. The van der Waals surface area contributed by atoms with Crippen LogP contribution < -0.4 is 11.1 Å². The summed E-state index contributed by atoms with van der Waals surface area (Å²) >= 11 is 6.00. The number of amides is 2. The monoisotopic (exact) mass is 445 g/mol. The van der Waals surface area contributed by atoms with Crippen LogP contribution >= 0.6 is 11.6 Å². The largest absolute Gasteiger partial charge is 0.383 e. The molecule has 0 saturated carbocycles. The van der Waals surface area contributed by atoms with Gasteiger partial charge in [0, 0.05) is 24.7 Å². The Labute approximate surface area is 176 Å². The molecule has 1 aromatic rings. The number of carbonyl (C=O) groups excluding carboxylic acids is 2. The molecule has 1 saturated heterocycles. The molecule has 2 rings (SSSR count). The van der Waals surface area contributed by atoms with Crippen molar-refractivity contribution in [2.45, 2.75) is 46.0 Å². The van der Waals surface area contributed by atoms with Crippen LogP contribution in [0.3, 0.4) is 0 Å². The number of benzene rings is 1. The van der Waals surface area contributed by atoms with Crippen LogP contribution in [0.1, 0.15) is 31.9 Å². The molecule has 29 heavy (non-hydrogen) atoms. The lowest BCUT2D eigenvalue weighted by Crippen LogP contribution is -2.60. The van der Waals surface area contributed by atoms with Gasteiger partial charge in [-0.15, -0.1) is 0 Å². The van der Waals surface area contributed by atoms with E-state index in [0.29, 0.717) is 10.6 Å². The number of hydrogen-bond acceptors (Lipinski definition) is 6. The fourth-order valence-corrected chi connectivity index (χ4v) is 4.72. The van der Waals surface area contributed by atoms with Gasteiger partial charge in [0.05, 0.1) is 11.5 Å². The van der Waals surface area contributed by atoms with Crippen molar-refractivity contribution < 1.29 is 23.1 Å². The molecule has 2 atom stereocenters. The van der Waals surface area contributed by atoms with Crippen LogP contribution in [0.4, 0.5) is 0 Å². The standard InChI is InChI=1S/C19H28ClN3O5S/c1-19(2,3)16(24)18(26)23-6-7-29(27,28)11-15(23)17(25)22-10-13-8-14(20)5-4-12(13)9-21/h4-5,8,15-16,24H,6-7,9-11,21H2,1-3H3,(H,22,25)/t15-,16?/m0/s1. The number of aliphatic hydroxyl groups is 1. The Hall–Kier alpha value is -1.68. The van der Waals surface area contributed by atoms with Gasteiger partial charge in [-0.1, -0.05) is 38.4 Å². The zero-order valence-corrected chi connectivity index (χ0v) is 18.4. The normalized spacial score (nSPS) is 20.2. The van der Waals surface area contributed by atoms with E-state index in [1.807, 2.05) is 0 Å². The summed E-state index contributed by atoms with van der Waals surface area (Å²) < 4.78 is 24.2. The van der Waals surface area contributed by atoms with Gasteiger partial charge in [-0.05, 0) is 28.7 Å². The van der Waals surface area contributed by atoms with Crippen LogP contribution in [0.2, 0.25) is 5.02 Å². The van der Waals surface area contributed by atoms with E-state index in [1.165, 1.54) is 0 Å². The highest BCUT2D eigenvalue weighted by atomic mass is 35.5. The summed E-state index contributed by atoms with van der Waals surface area (Å²) in [6.45, 7) is 5.28. The van der Waals surface area contributed by atoms with Gasteiger partial charge in [-0.3, -0.25) is 9.59 Å². The van der Waals surface area contributed by atoms with Gasteiger partial charge in [-0.2, -0.15) is 0 Å². The molecular weight excluding hydrogens is 418 g/mol. The van der Waals surface area contributed by atoms with Crippen LogP contribution in [0.15, 0.2) is 18.2 Å². The fraction of sp³-hybridized carbons (Fsp3) is 0.579. The molecule has 8 nitrogen and oxygen atoms in total. The van der Waals surface area contributed by atoms with Crippen molar-refractivity contribution in [3.63, 3.8) is 0 Å². The Bertz CT molecular complexity index is 882. The van der Waals surface area contributed by atoms with Crippen LogP contribution in [0.5, 0.6) is 0 Å². The number of nitrogens with zero attached hydrogens (tertiary/aromatic N) is 1. The number of carbonyl (C=O) groups is 2. The lowest BCUT2D eigenvalue weighted by Gasteiger charge is -2.38. The van der Waals surface area contributed by atoms with E-state index >= 15 is 0 Å². The van der Waals surface area contributed by atoms with E-state index in [1.54, 1.807) is 39.0 Å². The van der Waals surface area contributed by atoms with E-state index in [4.69, 9.17) is 17.3 Å². The van der Waals surface area contributed by atoms with Gasteiger partial charge in [0.1, 0.15) is 12.1 Å². The van der Waals surface area contributed by atoms with Gasteiger partial charge in [0.2, 0.25) is 5.91 Å². The first-order valence-corrected chi connectivity index (χ1v) is 11.5. The summed E-state index contributed by atoms with van der Waals surface area (Å²) in [5, 5.41) is 13.5. The summed E-state index contributed by atoms with van der Waals surface area (Å²) in [5.74, 6) is -1.99. The zero-order valence-electron chi connectivity index (χ0n) is 16.8. The topological polar surface area (TPSA) is 130 Å². The number of aliphatic hydroxyl groups excluding tert-OH is 1. The van der Waals surface area contributed by atoms with Crippen LogP contribution in [-0.2, 0) is 32.5 Å². The smallest absolute Gasteiger partial charge is 0.252 e. The molecule has 1 fully saturated rings. The lowest BCUT2D eigenvalue weighted by atomic mass is 9.88. The lowest BCUT2D eigenvalue weighted by molar-refractivity contribution is -0.151. The Morgan fingerprint density at radius 2 is 2.00 bits per heavy atom. The van der Waals surface area contributed by atoms with Crippen molar-refractivity contribution in [3.8, 4) is 0 Å². The molecule has 1 unspecified atom stereocenters. The Kier molecular flexibility index (Phi) is 7.32. The second-order valence-corrected chi connectivity index (χ2v) is 10.9. The first-order valence-electron chi connectivity index (χ1n) is 9.30. The highest BCUT2D eigenvalue weighted by Crippen LogP contribution is 2.24. The molecule has 0 bridgehead atoms. The second-order valence-electron chi connectivity index (χ2n) is 8.27. The maximum absolute atomic E-state index is 12.8. The van der Waals surface area contributed by atoms with Crippen LogP contribution in [0.25, 0.3) is 0 Å². The fourth-order valence-electron chi connectivity index (χ4n) is 3.07. The highest BCUT2D eigenvalue weighted by Gasteiger charge is 2.42. The van der Waals surface area contributed by atoms with E-state index < -0.39 is 45.0 Å². The van der Waals surface area contributed by atoms with E-state index in [-0.39, 0.29) is 25.4 Å². The first kappa shape index (κ1) is 23.6. The third-order valence-corrected chi connectivity index (χ3v) is 6.78. The molecule has 0 radical (unpaired) electrons. The second kappa shape index (κ2) is 8.99. The van der Waals surface area contributed by atoms with Gasteiger partial charge in [0.15, 0.2) is 9.84 Å². The van der Waals surface area contributed by atoms with Crippen molar-refractivity contribution in [1.82, 2.24) is 10.2 Å². The summed E-state index contributed by atoms with van der Waals surface area (Å²) in [6, 6.07) is 3.91. The maximum atomic E-state index is 12.8. The number of rotatable bonds is 5. The average molecular weight is 446 g/mol. The van der Waals surface area contributed by atoms with Gasteiger partial charge < -0.3 is 21.1 Å². The highest BCUT2D eigenvalue weighted by molar-refractivity contribution is 7.91. The molecule has 1 aliphatic rings. The number of hydrogen-bond donors (Lipinski definition) is 3. The quantitative estimate of drug-likeness (QED) is 0.603. The zero-order chi connectivity index (χ0) is 22.0. The molecule has 4 N–H and O–H groups in total. The van der Waals surface area contributed by atoms with Crippen molar-refractivity contribution >= 4 is 33.3 Å². The molecule has 0 aliphatic carbocycles. The van der Waals surface area contributed by atoms with E-state index in [0.717, 1.165) is 10.5 Å². The molecule has 0 aromatic heterocycles. The van der Waals surface area contributed by atoms with Crippen molar-refractivity contribution in [3.05, 3.63) is 34.3 Å². The third-order valence-electron chi connectivity index (χ3n) is 4.91. The van der Waals surface area contributed by atoms with Crippen molar-refractivity contribution in [2.24, 2.45) is 11.1 Å². The Morgan fingerprint density at radius 1 is 1.34 bits per heavy atom. The Balaban J connectivity index is 2.21. The summed E-state index contributed by atoms with van der Waals surface area (Å²) in [5.41, 5.74) is 6.46. The maximum Gasteiger partial charge on any atom is 0.252 e. The van der Waals surface area contributed by atoms with Gasteiger partial charge in [-0.25, -0.2) is 8.42 Å². The number of halogens is 1. The molecule has 1 heterocycles. The molecule has 2 amide bonds. The Morgan fingerprint density at radius 3 is 2.59 bits per heavy atom. The minimum atomic E-state index is -3.48. The molecular formula is C19H28ClN3O5S. The van der Waals surface area contributed by atoms with Gasteiger partial charge >= 0.3 is 0 Å². The van der Waals surface area contributed by atoms with E-state index in [9.17, 15) is 23.1 Å². The van der Waals surface area contributed by atoms with Gasteiger partial charge in [0.25, 0.3) is 5.91 Å². The predicted molar refractivity (Wildman–Crippen MR) is 111 cm³/mol. The summed E-state index contributed by atoms with van der Waals surface area (Å²) in [7, 11) is -3.48. The number of nitrogens with one attached hydrogen (secondary N) is 1. The molecule has 0 spiro atoms. The van der Waals surface area contributed by atoms with Crippen molar-refractivity contribution in [1.29, 1.82) is 0 Å². The minimum Gasteiger partial charge on any atom is -0.383 e. The molecule has 1 aliphatic heterocycles. The molecule has 10 heteroatoms. The van der Waals surface area contributed by atoms with Crippen molar-refractivity contribution in [2.75, 3.05) is 18.1 Å². The number of sulfone groups is 1. The molecule has 1 aromatic carbocycles.